The molecular formula is C23H31N5O3. The number of piperazine rings is 1. The van der Waals surface area contributed by atoms with E-state index >= 15 is 0 Å². The fourth-order valence-electron chi connectivity index (χ4n) is 4.08. The molecule has 1 aromatic carbocycles. The van der Waals surface area contributed by atoms with Gasteiger partial charge >= 0.3 is 0 Å². The molecule has 0 saturated carbocycles. The highest BCUT2D eigenvalue weighted by Gasteiger charge is 2.28. The molecule has 2 heterocycles. The number of rotatable bonds is 6. The quantitative estimate of drug-likeness (QED) is 0.519. The molecule has 3 rings (SSSR count). The summed E-state index contributed by atoms with van der Waals surface area (Å²) in [5, 5.41) is 11.8. The van der Waals surface area contributed by atoms with Crippen LogP contribution in [0.4, 0.5) is 11.5 Å². The first-order valence-electron chi connectivity index (χ1n) is 10.7. The van der Waals surface area contributed by atoms with Crippen LogP contribution in [0.15, 0.2) is 36.4 Å². The van der Waals surface area contributed by atoms with Gasteiger partial charge in [-0.2, -0.15) is 0 Å². The third-order valence-electron chi connectivity index (χ3n) is 5.64. The molecule has 8 nitrogen and oxygen atoms in total. The highest BCUT2D eigenvalue weighted by atomic mass is 16.6. The Labute approximate surface area is 183 Å². The SMILES string of the molecule is CC(C)N(C(=O)c1ccccc1-c1nc(N2CCN(C)CC2)ccc1[N+](=O)[O-])C(C)C. The van der Waals surface area contributed by atoms with Gasteiger partial charge in [-0.3, -0.25) is 14.9 Å². The molecule has 8 heteroatoms. The zero-order valence-corrected chi connectivity index (χ0v) is 18.9. The predicted octanol–water partition coefficient (Wildman–Crippen LogP) is 3.67. The van der Waals surface area contributed by atoms with Gasteiger partial charge in [-0.25, -0.2) is 4.98 Å². The minimum absolute atomic E-state index is 0.000162. The van der Waals surface area contributed by atoms with Gasteiger partial charge in [0, 0.05) is 55.5 Å². The van der Waals surface area contributed by atoms with Crippen LogP contribution in [0.5, 0.6) is 0 Å². The summed E-state index contributed by atoms with van der Waals surface area (Å²) in [7, 11) is 2.07. The topological polar surface area (TPSA) is 82.8 Å². The van der Waals surface area contributed by atoms with Crippen molar-refractivity contribution >= 4 is 17.4 Å². The smallest absolute Gasteiger partial charge is 0.295 e. The summed E-state index contributed by atoms with van der Waals surface area (Å²) in [6.45, 7) is 11.3. The Kier molecular flexibility index (Phi) is 6.90. The van der Waals surface area contributed by atoms with E-state index in [1.807, 2.05) is 27.7 Å². The molecule has 0 radical (unpaired) electrons. The lowest BCUT2D eigenvalue weighted by atomic mass is 10.0. The second-order valence-electron chi connectivity index (χ2n) is 8.53. The third kappa shape index (κ3) is 4.85. The zero-order chi connectivity index (χ0) is 22.7. The van der Waals surface area contributed by atoms with Crippen LogP contribution in [0.2, 0.25) is 0 Å². The van der Waals surface area contributed by atoms with Crippen LogP contribution in [0, 0.1) is 10.1 Å². The molecule has 2 aromatic rings. The van der Waals surface area contributed by atoms with Crippen molar-refractivity contribution in [3.8, 4) is 11.3 Å². The largest absolute Gasteiger partial charge is 0.354 e. The minimum Gasteiger partial charge on any atom is -0.354 e. The number of aromatic nitrogens is 1. The number of nitrogens with zero attached hydrogens (tertiary/aromatic N) is 5. The molecule has 0 spiro atoms. The van der Waals surface area contributed by atoms with Gasteiger partial charge in [-0.15, -0.1) is 0 Å². The normalized spacial score (nSPS) is 14.9. The number of hydrogen-bond donors (Lipinski definition) is 0. The van der Waals surface area contributed by atoms with Crippen molar-refractivity contribution in [2.45, 2.75) is 39.8 Å². The molecule has 166 valence electrons. The van der Waals surface area contributed by atoms with Crippen molar-refractivity contribution in [3.63, 3.8) is 0 Å². The van der Waals surface area contributed by atoms with E-state index in [0.717, 1.165) is 26.2 Å². The first-order chi connectivity index (χ1) is 14.7. The van der Waals surface area contributed by atoms with Crippen molar-refractivity contribution in [2.75, 3.05) is 38.1 Å². The van der Waals surface area contributed by atoms with E-state index in [0.29, 0.717) is 16.9 Å². The first kappa shape index (κ1) is 22.7. The zero-order valence-electron chi connectivity index (χ0n) is 18.9. The molecular weight excluding hydrogens is 394 g/mol. The average Bonchev–Trinajstić information content (AvgIpc) is 2.73. The van der Waals surface area contributed by atoms with Crippen molar-refractivity contribution in [1.82, 2.24) is 14.8 Å². The van der Waals surface area contributed by atoms with E-state index in [2.05, 4.69) is 16.8 Å². The predicted molar refractivity (Wildman–Crippen MR) is 122 cm³/mol. The highest BCUT2D eigenvalue weighted by Crippen LogP contribution is 2.33. The summed E-state index contributed by atoms with van der Waals surface area (Å²) >= 11 is 0. The first-order valence-corrected chi connectivity index (χ1v) is 10.7. The maximum atomic E-state index is 13.4. The van der Waals surface area contributed by atoms with Crippen LogP contribution in [0.3, 0.4) is 0 Å². The summed E-state index contributed by atoms with van der Waals surface area (Å²) in [6.07, 6.45) is 0. The third-order valence-corrected chi connectivity index (χ3v) is 5.64. The van der Waals surface area contributed by atoms with E-state index in [1.165, 1.54) is 6.07 Å². The van der Waals surface area contributed by atoms with Crippen LogP contribution >= 0.6 is 0 Å². The molecule has 1 aliphatic rings. The van der Waals surface area contributed by atoms with E-state index < -0.39 is 4.92 Å². The second kappa shape index (κ2) is 9.43. The molecule has 1 aromatic heterocycles. The number of nitro groups is 1. The summed E-state index contributed by atoms with van der Waals surface area (Å²) in [4.78, 5) is 35.7. The van der Waals surface area contributed by atoms with Gasteiger partial charge < -0.3 is 14.7 Å². The number of pyridine rings is 1. The van der Waals surface area contributed by atoms with E-state index in [-0.39, 0.29) is 29.4 Å². The number of benzene rings is 1. The number of carbonyl (C=O) groups is 1. The highest BCUT2D eigenvalue weighted by molar-refractivity contribution is 6.01. The van der Waals surface area contributed by atoms with Crippen molar-refractivity contribution in [2.24, 2.45) is 0 Å². The Morgan fingerprint density at radius 2 is 1.65 bits per heavy atom. The monoisotopic (exact) mass is 425 g/mol. The Balaban J connectivity index is 2.10. The molecule has 0 unspecified atom stereocenters. The lowest BCUT2D eigenvalue weighted by molar-refractivity contribution is -0.384. The summed E-state index contributed by atoms with van der Waals surface area (Å²) in [6, 6.07) is 10.2. The van der Waals surface area contributed by atoms with Gasteiger partial charge in [0.2, 0.25) is 0 Å². The number of amides is 1. The maximum absolute atomic E-state index is 13.4. The van der Waals surface area contributed by atoms with Gasteiger partial charge in [0.25, 0.3) is 11.6 Å². The molecule has 31 heavy (non-hydrogen) atoms. The molecule has 0 bridgehead atoms. The summed E-state index contributed by atoms with van der Waals surface area (Å²) < 4.78 is 0. The number of anilines is 1. The van der Waals surface area contributed by atoms with E-state index in [4.69, 9.17) is 4.98 Å². The fraction of sp³-hybridized carbons (Fsp3) is 0.478. The maximum Gasteiger partial charge on any atom is 0.295 e. The molecule has 1 fully saturated rings. The standard InChI is InChI=1S/C23H31N5O3/c1-16(2)27(17(3)4)23(29)19-9-7-6-8-18(19)22-20(28(30)31)10-11-21(24-22)26-14-12-25(5)13-15-26/h6-11,16-17H,12-15H2,1-5H3. The minimum atomic E-state index is -0.431. The number of carbonyl (C=O) groups excluding carboxylic acids is 1. The molecule has 0 N–H and O–H groups in total. The van der Waals surface area contributed by atoms with Gasteiger partial charge in [-0.1, -0.05) is 18.2 Å². The molecule has 1 aliphatic heterocycles. The molecule has 0 atom stereocenters. The molecule has 1 amide bonds. The van der Waals surface area contributed by atoms with Gasteiger partial charge in [0.05, 0.1) is 4.92 Å². The van der Waals surface area contributed by atoms with Crippen LogP contribution in [-0.4, -0.2) is 70.9 Å². The van der Waals surface area contributed by atoms with Gasteiger partial charge in [0.15, 0.2) is 5.69 Å². The lowest BCUT2D eigenvalue weighted by Gasteiger charge is -2.33. The van der Waals surface area contributed by atoms with Crippen molar-refractivity contribution < 1.29 is 9.72 Å². The Hall–Kier alpha value is -3.00. The van der Waals surface area contributed by atoms with E-state index in [9.17, 15) is 14.9 Å². The average molecular weight is 426 g/mol. The van der Waals surface area contributed by atoms with Crippen molar-refractivity contribution in [3.05, 3.63) is 52.1 Å². The van der Waals surface area contributed by atoms with Gasteiger partial charge in [0.1, 0.15) is 5.82 Å². The van der Waals surface area contributed by atoms with Gasteiger partial charge in [-0.05, 0) is 46.9 Å². The molecule has 0 aliphatic carbocycles. The Morgan fingerprint density at radius 3 is 2.23 bits per heavy atom. The summed E-state index contributed by atoms with van der Waals surface area (Å²) in [5.74, 6) is 0.544. The summed E-state index contributed by atoms with van der Waals surface area (Å²) in [5.41, 5.74) is 1.05. The van der Waals surface area contributed by atoms with Crippen LogP contribution in [-0.2, 0) is 0 Å². The van der Waals surface area contributed by atoms with Crippen LogP contribution in [0.1, 0.15) is 38.1 Å². The lowest BCUT2D eigenvalue weighted by Crippen LogP contribution is -2.44. The van der Waals surface area contributed by atoms with Crippen LogP contribution < -0.4 is 4.90 Å². The van der Waals surface area contributed by atoms with Crippen molar-refractivity contribution in [1.29, 1.82) is 0 Å². The Morgan fingerprint density at radius 1 is 1.03 bits per heavy atom. The Bertz CT molecular complexity index is 944. The number of hydrogen-bond acceptors (Lipinski definition) is 6. The second-order valence-corrected chi connectivity index (χ2v) is 8.53. The fourth-order valence-corrected chi connectivity index (χ4v) is 4.08. The van der Waals surface area contributed by atoms with Crippen LogP contribution in [0.25, 0.3) is 11.3 Å². The number of likely N-dealkylation sites (N-methyl/N-ethyl adjacent to an activating group) is 1. The molecule has 1 saturated heterocycles. The van der Waals surface area contributed by atoms with E-state index in [1.54, 1.807) is 35.2 Å².